The summed E-state index contributed by atoms with van der Waals surface area (Å²) >= 11 is 0. The molecule has 0 heterocycles. The maximum absolute atomic E-state index is 13.0. The van der Waals surface area contributed by atoms with Crippen LogP contribution in [0.15, 0.2) is 29.2 Å². The highest BCUT2D eigenvalue weighted by atomic mass is 32.2. The molecule has 6 nitrogen and oxygen atoms in total. The van der Waals surface area contributed by atoms with Gasteiger partial charge in [-0.1, -0.05) is 44.6 Å². The van der Waals surface area contributed by atoms with Gasteiger partial charge in [0.15, 0.2) is 0 Å². The zero-order valence-corrected chi connectivity index (χ0v) is 19.0. The van der Waals surface area contributed by atoms with Crippen LogP contribution in [0.3, 0.4) is 0 Å². The van der Waals surface area contributed by atoms with E-state index < -0.39 is 10.0 Å². The molecule has 0 bridgehead atoms. The molecule has 0 aliphatic heterocycles. The lowest BCUT2D eigenvalue weighted by molar-refractivity contribution is 0.0273. The fourth-order valence-electron chi connectivity index (χ4n) is 4.46. The van der Waals surface area contributed by atoms with Crippen molar-refractivity contribution >= 4 is 15.9 Å². The number of rotatable bonds is 9. The number of benzene rings is 1. The SMILES string of the molecule is CN(C1CCCCC1)S(=O)(=O)c1cccc(C(=O)NCCCOC2CCCCC2)c1. The number of nitrogens with zero attached hydrogens (tertiary/aromatic N) is 1. The first-order chi connectivity index (χ1) is 14.5. The number of carbonyl (C=O) groups is 1. The summed E-state index contributed by atoms with van der Waals surface area (Å²) in [6, 6.07) is 6.41. The van der Waals surface area contributed by atoms with Crippen LogP contribution < -0.4 is 5.32 Å². The van der Waals surface area contributed by atoms with Gasteiger partial charge in [0, 0.05) is 31.8 Å². The third-order valence-corrected chi connectivity index (χ3v) is 8.28. The quantitative estimate of drug-likeness (QED) is 0.591. The Bertz CT molecular complexity index is 784. The Morgan fingerprint density at radius 3 is 2.43 bits per heavy atom. The summed E-state index contributed by atoms with van der Waals surface area (Å²) in [6.45, 7) is 1.16. The molecule has 0 radical (unpaired) electrons. The maximum Gasteiger partial charge on any atom is 0.251 e. The van der Waals surface area contributed by atoms with Crippen molar-refractivity contribution < 1.29 is 17.9 Å². The second-order valence-corrected chi connectivity index (χ2v) is 10.6. The molecule has 3 rings (SSSR count). The number of amides is 1. The molecule has 30 heavy (non-hydrogen) atoms. The van der Waals surface area contributed by atoms with E-state index in [2.05, 4.69) is 5.32 Å². The van der Waals surface area contributed by atoms with Gasteiger partial charge in [-0.2, -0.15) is 4.31 Å². The fraction of sp³-hybridized carbons (Fsp3) is 0.696. The molecule has 1 N–H and O–H groups in total. The molecule has 0 unspecified atom stereocenters. The van der Waals surface area contributed by atoms with Crippen LogP contribution in [0.2, 0.25) is 0 Å². The Morgan fingerprint density at radius 2 is 1.73 bits per heavy atom. The van der Waals surface area contributed by atoms with E-state index in [1.54, 1.807) is 25.2 Å². The highest BCUT2D eigenvalue weighted by molar-refractivity contribution is 7.89. The normalized spacial score (nSPS) is 19.1. The van der Waals surface area contributed by atoms with Crippen molar-refractivity contribution in [3.8, 4) is 0 Å². The van der Waals surface area contributed by atoms with Crippen molar-refractivity contribution in [2.24, 2.45) is 0 Å². The number of nitrogens with one attached hydrogen (secondary N) is 1. The zero-order chi connectivity index (χ0) is 21.4. The van der Waals surface area contributed by atoms with Crippen LogP contribution in [0.1, 0.15) is 81.0 Å². The van der Waals surface area contributed by atoms with Crippen molar-refractivity contribution in [2.75, 3.05) is 20.2 Å². The predicted octanol–water partition coefficient (Wildman–Crippen LogP) is 4.11. The summed E-state index contributed by atoms with van der Waals surface area (Å²) in [4.78, 5) is 12.7. The van der Waals surface area contributed by atoms with Crippen LogP contribution in [0.5, 0.6) is 0 Å². The van der Waals surface area contributed by atoms with Crippen LogP contribution in [0.25, 0.3) is 0 Å². The molecule has 1 aromatic rings. The summed E-state index contributed by atoms with van der Waals surface area (Å²) in [5.41, 5.74) is 0.376. The molecule has 0 spiro atoms. The van der Waals surface area contributed by atoms with Crippen LogP contribution in [0.4, 0.5) is 0 Å². The minimum absolute atomic E-state index is 0.0467. The molecule has 2 fully saturated rings. The Balaban J connectivity index is 1.50. The third kappa shape index (κ3) is 6.28. The lowest BCUT2D eigenvalue weighted by atomic mass is 9.96. The van der Waals surface area contributed by atoms with Crippen molar-refractivity contribution in [2.45, 2.75) is 87.7 Å². The van der Waals surface area contributed by atoms with E-state index in [4.69, 9.17) is 4.74 Å². The second-order valence-electron chi connectivity index (χ2n) is 8.58. The van der Waals surface area contributed by atoms with Gasteiger partial charge in [0.1, 0.15) is 0 Å². The molecule has 0 saturated heterocycles. The van der Waals surface area contributed by atoms with E-state index in [9.17, 15) is 13.2 Å². The van der Waals surface area contributed by atoms with Crippen LogP contribution >= 0.6 is 0 Å². The number of hydrogen-bond donors (Lipinski definition) is 1. The molecule has 2 aliphatic rings. The van der Waals surface area contributed by atoms with Crippen LogP contribution in [0, 0.1) is 0 Å². The maximum atomic E-state index is 13.0. The van der Waals surface area contributed by atoms with Crippen LogP contribution in [-0.2, 0) is 14.8 Å². The molecule has 1 aromatic carbocycles. The number of carbonyl (C=O) groups excluding carboxylic acids is 1. The monoisotopic (exact) mass is 436 g/mol. The van der Waals surface area contributed by atoms with E-state index >= 15 is 0 Å². The van der Waals surface area contributed by atoms with Crippen molar-refractivity contribution in [3.63, 3.8) is 0 Å². The summed E-state index contributed by atoms with van der Waals surface area (Å²) in [6.07, 6.45) is 12.3. The molecule has 2 aliphatic carbocycles. The average molecular weight is 437 g/mol. The van der Waals surface area contributed by atoms with Gasteiger partial charge in [-0.05, 0) is 50.3 Å². The molecule has 1 amide bonds. The lowest BCUT2D eigenvalue weighted by Crippen LogP contribution is -2.38. The van der Waals surface area contributed by atoms with E-state index in [0.29, 0.717) is 24.8 Å². The van der Waals surface area contributed by atoms with Gasteiger partial charge in [0.05, 0.1) is 11.0 Å². The van der Waals surface area contributed by atoms with Gasteiger partial charge >= 0.3 is 0 Å². The smallest absolute Gasteiger partial charge is 0.251 e. The molecular formula is C23H36N2O4S. The minimum Gasteiger partial charge on any atom is -0.378 e. The molecular weight excluding hydrogens is 400 g/mol. The number of hydrogen-bond acceptors (Lipinski definition) is 4. The van der Waals surface area contributed by atoms with Gasteiger partial charge in [-0.3, -0.25) is 4.79 Å². The largest absolute Gasteiger partial charge is 0.378 e. The zero-order valence-electron chi connectivity index (χ0n) is 18.1. The lowest BCUT2D eigenvalue weighted by Gasteiger charge is -2.30. The highest BCUT2D eigenvalue weighted by Gasteiger charge is 2.29. The fourth-order valence-corrected chi connectivity index (χ4v) is 5.93. The van der Waals surface area contributed by atoms with Crippen molar-refractivity contribution in [1.29, 1.82) is 0 Å². The Hall–Kier alpha value is -1.44. The van der Waals surface area contributed by atoms with E-state index in [1.165, 1.54) is 36.1 Å². The first kappa shape index (κ1) is 23.2. The summed E-state index contributed by atoms with van der Waals surface area (Å²) in [5.74, 6) is -0.245. The summed E-state index contributed by atoms with van der Waals surface area (Å²) in [5, 5.41) is 2.88. The third-order valence-electron chi connectivity index (χ3n) is 6.37. The van der Waals surface area contributed by atoms with Crippen LogP contribution in [-0.4, -0.2) is 51.0 Å². The van der Waals surface area contributed by atoms with E-state index in [0.717, 1.165) is 44.9 Å². The molecule has 0 atom stereocenters. The summed E-state index contributed by atoms with van der Waals surface area (Å²) in [7, 11) is -1.95. The minimum atomic E-state index is -3.60. The number of sulfonamides is 1. The average Bonchev–Trinajstić information content (AvgIpc) is 2.79. The summed E-state index contributed by atoms with van der Waals surface area (Å²) < 4.78 is 33.4. The Labute approximate surface area is 181 Å². The Morgan fingerprint density at radius 1 is 1.07 bits per heavy atom. The van der Waals surface area contributed by atoms with Crippen molar-refractivity contribution in [3.05, 3.63) is 29.8 Å². The van der Waals surface area contributed by atoms with Crippen molar-refractivity contribution in [1.82, 2.24) is 9.62 Å². The predicted molar refractivity (Wildman–Crippen MR) is 118 cm³/mol. The second kappa shape index (κ2) is 11.3. The van der Waals surface area contributed by atoms with Gasteiger partial charge in [-0.25, -0.2) is 8.42 Å². The number of ether oxygens (including phenoxy) is 1. The first-order valence-electron chi connectivity index (χ1n) is 11.5. The molecule has 0 aromatic heterocycles. The van der Waals surface area contributed by atoms with Gasteiger partial charge in [0.25, 0.3) is 5.91 Å². The molecule has 168 valence electrons. The standard InChI is InChI=1S/C23H36N2O4S/c1-25(20-11-4-2-5-12-20)30(27,28)22-15-8-10-19(18-22)23(26)24-16-9-17-29-21-13-6-3-7-14-21/h8,10,15,18,20-21H,2-7,9,11-14,16-17H2,1H3,(H,24,26). The molecule has 7 heteroatoms. The van der Waals surface area contributed by atoms with Gasteiger partial charge in [-0.15, -0.1) is 0 Å². The Kier molecular flexibility index (Phi) is 8.72. The first-order valence-corrected chi connectivity index (χ1v) is 12.9. The van der Waals surface area contributed by atoms with E-state index in [-0.39, 0.29) is 16.8 Å². The van der Waals surface area contributed by atoms with Gasteiger partial charge < -0.3 is 10.1 Å². The van der Waals surface area contributed by atoms with Gasteiger partial charge in [0.2, 0.25) is 10.0 Å². The molecule has 2 saturated carbocycles. The topological polar surface area (TPSA) is 75.7 Å². The van der Waals surface area contributed by atoms with E-state index in [1.807, 2.05) is 0 Å². The highest BCUT2D eigenvalue weighted by Crippen LogP contribution is 2.26.